The number of quaternary nitrogens is 1. The molecule has 0 aromatic rings. The van der Waals surface area contributed by atoms with Gasteiger partial charge in [-0.15, -0.1) is 0 Å². The second-order valence-electron chi connectivity index (χ2n) is 4.64. The number of hydrogen-bond donors (Lipinski definition) is 0. The Balaban J connectivity index is 2.55. The lowest BCUT2D eigenvalue weighted by atomic mass is 9.92. The standard InChI is InChI=1S/C10H22N/c1-5-9-7-11(3,4)8-10(9)6-2/h9-10H,5-8H2,1-4H3/q+1/t9-,10?/m0/s1. The molecule has 0 aliphatic carbocycles. The smallest absolute Gasteiger partial charge is 0.0815 e. The molecule has 0 aromatic carbocycles. The third-order valence-electron chi connectivity index (χ3n) is 3.17. The van der Waals surface area contributed by atoms with Gasteiger partial charge in [0.2, 0.25) is 0 Å². The van der Waals surface area contributed by atoms with E-state index in [1.807, 2.05) is 0 Å². The highest BCUT2D eigenvalue weighted by atomic mass is 15.3. The van der Waals surface area contributed by atoms with Crippen LogP contribution < -0.4 is 0 Å². The molecule has 11 heavy (non-hydrogen) atoms. The second kappa shape index (κ2) is 3.14. The minimum absolute atomic E-state index is 0.995. The topological polar surface area (TPSA) is 0 Å². The summed E-state index contributed by atoms with van der Waals surface area (Å²) in [6, 6.07) is 0. The Morgan fingerprint density at radius 3 is 1.64 bits per heavy atom. The molecular weight excluding hydrogens is 134 g/mol. The summed E-state index contributed by atoms with van der Waals surface area (Å²) in [4.78, 5) is 0. The Hall–Kier alpha value is -0.0400. The minimum atomic E-state index is 0.995. The van der Waals surface area contributed by atoms with Crippen LogP contribution in [-0.4, -0.2) is 31.7 Å². The van der Waals surface area contributed by atoms with E-state index in [2.05, 4.69) is 27.9 Å². The second-order valence-corrected chi connectivity index (χ2v) is 4.64. The summed E-state index contributed by atoms with van der Waals surface area (Å²) >= 11 is 0. The van der Waals surface area contributed by atoms with Gasteiger partial charge in [0.15, 0.2) is 0 Å². The average molecular weight is 156 g/mol. The summed E-state index contributed by atoms with van der Waals surface area (Å²) in [6.07, 6.45) is 2.75. The molecule has 1 rings (SSSR count). The first kappa shape index (κ1) is 9.05. The van der Waals surface area contributed by atoms with Gasteiger partial charge >= 0.3 is 0 Å². The first-order chi connectivity index (χ1) is 5.09. The first-order valence-corrected chi connectivity index (χ1v) is 4.91. The highest BCUT2D eigenvalue weighted by Crippen LogP contribution is 2.30. The lowest BCUT2D eigenvalue weighted by Crippen LogP contribution is -2.36. The van der Waals surface area contributed by atoms with E-state index < -0.39 is 0 Å². The third kappa shape index (κ3) is 1.96. The number of hydrogen-bond acceptors (Lipinski definition) is 0. The van der Waals surface area contributed by atoms with E-state index in [9.17, 15) is 0 Å². The lowest BCUT2D eigenvalue weighted by Gasteiger charge is -2.23. The predicted molar refractivity (Wildman–Crippen MR) is 49.4 cm³/mol. The van der Waals surface area contributed by atoms with Gasteiger partial charge in [-0.05, 0) is 12.8 Å². The van der Waals surface area contributed by atoms with E-state index in [0.717, 1.165) is 11.8 Å². The molecule has 0 amide bonds. The molecule has 1 unspecified atom stereocenters. The molecule has 1 aliphatic heterocycles. The van der Waals surface area contributed by atoms with Crippen molar-refractivity contribution in [1.29, 1.82) is 0 Å². The van der Waals surface area contributed by atoms with Gasteiger partial charge in [-0.25, -0.2) is 0 Å². The van der Waals surface area contributed by atoms with E-state index in [1.54, 1.807) is 0 Å². The van der Waals surface area contributed by atoms with E-state index in [4.69, 9.17) is 0 Å². The van der Waals surface area contributed by atoms with Crippen molar-refractivity contribution in [2.24, 2.45) is 11.8 Å². The monoisotopic (exact) mass is 156 g/mol. The molecule has 1 heteroatoms. The normalized spacial score (nSPS) is 36.0. The maximum atomic E-state index is 2.36. The Bertz CT molecular complexity index is 115. The van der Waals surface area contributed by atoms with Gasteiger partial charge in [0, 0.05) is 11.8 Å². The van der Waals surface area contributed by atoms with E-state index in [1.165, 1.54) is 30.4 Å². The van der Waals surface area contributed by atoms with E-state index >= 15 is 0 Å². The molecule has 2 atom stereocenters. The molecule has 66 valence electrons. The molecule has 0 radical (unpaired) electrons. The molecule has 1 aliphatic rings. The van der Waals surface area contributed by atoms with Crippen LogP contribution in [0.4, 0.5) is 0 Å². The molecule has 0 N–H and O–H groups in total. The van der Waals surface area contributed by atoms with Crippen LogP contribution in [0.25, 0.3) is 0 Å². The molecule has 1 fully saturated rings. The van der Waals surface area contributed by atoms with Crippen molar-refractivity contribution < 1.29 is 4.48 Å². The summed E-state index contributed by atoms with van der Waals surface area (Å²) in [7, 11) is 4.72. The third-order valence-corrected chi connectivity index (χ3v) is 3.17. The van der Waals surface area contributed by atoms with Crippen LogP contribution in [-0.2, 0) is 0 Å². The molecule has 0 spiro atoms. The summed E-state index contributed by atoms with van der Waals surface area (Å²) < 4.78 is 1.25. The Labute approximate surface area is 71.0 Å². The van der Waals surface area contributed by atoms with Gasteiger partial charge in [-0.2, -0.15) is 0 Å². The summed E-state index contributed by atoms with van der Waals surface area (Å²) in [5, 5.41) is 0. The van der Waals surface area contributed by atoms with Crippen molar-refractivity contribution >= 4 is 0 Å². The van der Waals surface area contributed by atoms with Gasteiger partial charge in [-0.1, -0.05) is 13.8 Å². The van der Waals surface area contributed by atoms with Gasteiger partial charge in [-0.3, -0.25) is 0 Å². The SMILES string of the molecule is CCC1C[N+](C)(C)C[C@@H]1CC. The quantitative estimate of drug-likeness (QED) is 0.537. The Morgan fingerprint density at radius 1 is 1.00 bits per heavy atom. The number of likely N-dealkylation sites (tertiary alicyclic amines) is 1. The van der Waals surface area contributed by atoms with Crippen LogP contribution in [0, 0.1) is 11.8 Å². The van der Waals surface area contributed by atoms with Gasteiger partial charge in [0.1, 0.15) is 0 Å². The molecule has 1 saturated heterocycles. The zero-order valence-electron chi connectivity index (χ0n) is 8.43. The van der Waals surface area contributed by atoms with Gasteiger partial charge in [0.05, 0.1) is 27.2 Å². The Morgan fingerprint density at radius 2 is 1.36 bits per heavy atom. The first-order valence-electron chi connectivity index (χ1n) is 4.91. The lowest BCUT2D eigenvalue weighted by molar-refractivity contribution is -0.880. The summed E-state index contributed by atoms with van der Waals surface area (Å²) in [6.45, 7) is 7.46. The van der Waals surface area contributed by atoms with Crippen molar-refractivity contribution in [3.63, 3.8) is 0 Å². The Kier molecular flexibility index (Phi) is 2.58. The summed E-state index contributed by atoms with van der Waals surface area (Å²) in [5.41, 5.74) is 0. The zero-order chi connectivity index (χ0) is 8.48. The number of rotatable bonds is 2. The maximum absolute atomic E-state index is 2.36. The van der Waals surface area contributed by atoms with E-state index in [0.29, 0.717) is 0 Å². The molecule has 0 bridgehead atoms. The minimum Gasteiger partial charge on any atom is -0.328 e. The van der Waals surface area contributed by atoms with Crippen LogP contribution in [0.1, 0.15) is 26.7 Å². The highest BCUT2D eigenvalue weighted by molar-refractivity contribution is 4.73. The number of nitrogens with zero attached hydrogens (tertiary/aromatic N) is 1. The van der Waals surface area contributed by atoms with Crippen molar-refractivity contribution in [3.05, 3.63) is 0 Å². The van der Waals surface area contributed by atoms with Gasteiger partial charge < -0.3 is 4.48 Å². The van der Waals surface area contributed by atoms with Crippen LogP contribution >= 0.6 is 0 Å². The average Bonchev–Trinajstić information content (AvgIpc) is 2.25. The van der Waals surface area contributed by atoms with E-state index in [-0.39, 0.29) is 0 Å². The van der Waals surface area contributed by atoms with Crippen molar-refractivity contribution in [3.8, 4) is 0 Å². The molecular formula is C10H22N+. The largest absolute Gasteiger partial charge is 0.328 e. The molecule has 0 saturated carbocycles. The molecule has 1 heterocycles. The fraction of sp³-hybridized carbons (Fsp3) is 1.00. The highest BCUT2D eigenvalue weighted by Gasteiger charge is 2.37. The van der Waals surface area contributed by atoms with Crippen LogP contribution in [0.15, 0.2) is 0 Å². The van der Waals surface area contributed by atoms with Crippen molar-refractivity contribution in [1.82, 2.24) is 0 Å². The molecule has 1 nitrogen and oxygen atoms in total. The van der Waals surface area contributed by atoms with Gasteiger partial charge in [0.25, 0.3) is 0 Å². The van der Waals surface area contributed by atoms with Crippen molar-refractivity contribution in [2.45, 2.75) is 26.7 Å². The molecule has 0 aromatic heterocycles. The van der Waals surface area contributed by atoms with Crippen LogP contribution in [0.3, 0.4) is 0 Å². The fourth-order valence-corrected chi connectivity index (χ4v) is 2.57. The van der Waals surface area contributed by atoms with Crippen LogP contribution in [0.5, 0.6) is 0 Å². The summed E-state index contributed by atoms with van der Waals surface area (Å²) in [5.74, 6) is 1.99. The maximum Gasteiger partial charge on any atom is 0.0815 e. The van der Waals surface area contributed by atoms with Crippen molar-refractivity contribution in [2.75, 3.05) is 27.2 Å². The fourth-order valence-electron chi connectivity index (χ4n) is 2.57. The van der Waals surface area contributed by atoms with Crippen LogP contribution in [0.2, 0.25) is 0 Å². The predicted octanol–water partition coefficient (Wildman–Crippen LogP) is 2.13. The zero-order valence-corrected chi connectivity index (χ0v) is 8.43.